The van der Waals surface area contributed by atoms with E-state index < -0.39 is 86.8 Å². The van der Waals surface area contributed by atoms with Crippen molar-refractivity contribution in [3.63, 3.8) is 0 Å². The van der Waals surface area contributed by atoms with E-state index in [-0.39, 0.29) is 18.9 Å². The van der Waals surface area contributed by atoms with Crippen molar-refractivity contribution in [2.24, 2.45) is 0 Å². The van der Waals surface area contributed by atoms with Gasteiger partial charge in [0.05, 0.1) is 32.0 Å². The van der Waals surface area contributed by atoms with Crippen LogP contribution in [0.5, 0.6) is 0 Å². The second kappa shape index (κ2) is 65.5. The minimum Gasteiger partial charge on any atom is -0.394 e. The second-order valence-corrected chi connectivity index (χ2v) is 28.9. The van der Waals surface area contributed by atoms with Crippen molar-refractivity contribution in [3.8, 4) is 0 Å². The maximum Gasteiger partial charge on any atom is 0.220 e. The summed E-state index contributed by atoms with van der Waals surface area (Å²) < 4.78 is 22.9. The van der Waals surface area contributed by atoms with Crippen molar-refractivity contribution in [2.75, 3.05) is 19.8 Å². The molecule has 0 spiro atoms. The Balaban J connectivity index is 1.61. The number of unbranched alkanes of at least 4 members (excludes halogenated alkanes) is 52. The molecular weight excluding hydrogens is 1190 g/mol. The highest BCUT2D eigenvalue weighted by atomic mass is 16.7. The zero-order chi connectivity index (χ0) is 68.7. The Bertz CT molecular complexity index is 1730. The Morgan fingerprint density at radius 1 is 0.368 bits per heavy atom. The third-order valence-electron chi connectivity index (χ3n) is 20.0. The first kappa shape index (κ1) is 89.3. The van der Waals surface area contributed by atoms with Crippen LogP contribution in [-0.2, 0) is 23.7 Å². The van der Waals surface area contributed by atoms with Gasteiger partial charge < -0.3 is 65.1 Å². The van der Waals surface area contributed by atoms with E-state index in [1.54, 1.807) is 6.08 Å². The third-order valence-corrected chi connectivity index (χ3v) is 20.0. The molecular formula is C81H153NO13. The molecule has 2 saturated heterocycles. The summed E-state index contributed by atoms with van der Waals surface area (Å²) in [7, 11) is 0. The van der Waals surface area contributed by atoms with Crippen LogP contribution in [0.3, 0.4) is 0 Å². The van der Waals surface area contributed by atoms with E-state index in [1.807, 2.05) is 6.08 Å². The molecule has 0 radical (unpaired) electrons. The summed E-state index contributed by atoms with van der Waals surface area (Å²) in [5, 5.41) is 87.6. The van der Waals surface area contributed by atoms with Gasteiger partial charge in [-0.1, -0.05) is 352 Å². The van der Waals surface area contributed by atoms with Gasteiger partial charge in [0.1, 0.15) is 48.8 Å². The van der Waals surface area contributed by atoms with Crippen LogP contribution in [0.4, 0.5) is 0 Å². The van der Waals surface area contributed by atoms with Crippen molar-refractivity contribution >= 4 is 5.91 Å². The number of aliphatic hydroxyl groups is 8. The largest absolute Gasteiger partial charge is 0.394 e. The molecule has 0 aliphatic carbocycles. The number of hydrogen-bond donors (Lipinski definition) is 9. The van der Waals surface area contributed by atoms with Crippen LogP contribution in [0.1, 0.15) is 380 Å². The van der Waals surface area contributed by atoms with Crippen molar-refractivity contribution in [3.05, 3.63) is 36.5 Å². The molecule has 0 bridgehead atoms. The summed E-state index contributed by atoms with van der Waals surface area (Å²) >= 11 is 0. The Kier molecular flexibility index (Phi) is 61.6. The molecule has 0 aromatic carbocycles. The van der Waals surface area contributed by atoms with Crippen molar-refractivity contribution in [2.45, 2.75) is 453 Å². The lowest BCUT2D eigenvalue weighted by molar-refractivity contribution is -0.359. The van der Waals surface area contributed by atoms with E-state index in [0.717, 1.165) is 32.1 Å². The first-order chi connectivity index (χ1) is 46.6. The number of amides is 1. The van der Waals surface area contributed by atoms with Crippen LogP contribution in [0.25, 0.3) is 0 Å². The van der Waals surface area contributed by atoms with Gasteiger partial charge in [-0.2, -0.15) is 0 Å². The molecule has 2 rings (SSSR count). The van der Waals surface area contributed by atoms with Gasteiger partial charge in [0, 0.05) is 6.42 Å². The van der Waals surface area contributed by atoms with E-state index in [2.05, 4.69) is 43.5 Å². The predicted molar refractivity (Wildman–Crippen MR) is 392 cm³/mol. The molecule has 0 saturated carbocycles. The number of allylic oxidation sites excluding steroid dienone is 5. The lowest BCUT2D eigenvalue weighted by atomic mass is 9.97. The van der Waals surface area contributed by atoms with Gasteiger partial charge in [-0.3, -0.25) is 4.79 Å². The lowest BCUT2D eigenvalue weighted by Crippen LogP contribution is -2.65. The van der Waals surface area contributed by atoms with Gasteiger partial charge in [-0.15, -0.1) is 0 Å². The molecule has 95 heavy (non-hydrogen) atoms. The maximum absolute atomic E-state index is 13.4. The average Bonchev–Trinajstić information content (AvgIpc) is 0.800. The summed E-state index contributed by atoms with van der Waals surface area (Å²) in [6, 6.07) is -0.932. The van der Waals surface area contributed by atoms with E-state index in [4.69, 9.17) is 18.9 Å². The fourth-order valence-corrected chi connectivity index (χ4v) is 13.6. The molecule has 0 aromatic rings. The summed E-state index contributed by atoms with van der Waals surface area (Å²) in [6.07, 6.45) is 69.6. The van der Waals surface area contributed by atoms with Crippen LogP contribution >= 0.6 is 0 Å². The van der Waals surface area contributed by atoms with Gasteiger partial charge in [0.2, 0.25) is 5.91 Å². The topological polar surface area (TPSA) is 228 Å². The van der Waals surface area contributed by atoms with Gasteiger partial charge in [-0.05, 0) is 57.8 Å². The Hall–Kier alpha value is -1.79. The minimum absolute atomic E-state index is 0.241. The number of aliphatic hydroxyl groups excluding tert-OH is 8. The first-order valence-electron chi connectivity index (χ1n) is 40.7. The average molecular weight is 1350 g/mol. The highest BCUT2D eigenvalue weighted by molar-refractivity contribution is 5.76. The molecule has 9 N–H and O–H groups in total. The van der Waals surface area contributed by atoms with E-state index >= 15 is 0 Å². The summed E-state index contributed by atoms with van der Waals surface area (Å²) in [5.74, 6) is -0.241. The van der Waals surface area contributed by atoms with E-state index in [1.165, 1.54) is 315 Å². The van der Waals surface area contributed by atoms with Gasteiger partial charge >= 0.3 is 0 Å². The Labute approximate surface area is 582 Å². The highest BCUT2D eigenvalue weighted by Crippen LogP contribution is 2.30. The van der Waals surface area contributed by atoms with Crippen LogP contribution in [0.2, 0.25) is 0 Å². The number of nitrogens with one attached hydrogen (secondary N) is 1. The number of rotatable bonds is 69. The summed E-state index contributed by atoms with van der Waals surface area (Å²) in [6.45, 7) is 2.85. The standard InChI is InChI=1S/C81H153NO13/c1-3-5-7-9-11-13-15-17-19-21-23-25-27-29-31-32-33-34-35-36-37-38-39-41-43-45-47-49-51-53-55-57-59-61-63-65-73(86)82-69(68-92-80-78(91)76(89)79(72(67-84)94-80)95-81-77(90)75(88)74(87)71(66-83)93-81)70(85)64-62-60-58-56-54-52-50-48-46-44-42-40-30-28-26-24-22-20-18-16-14-12-10-8-6-4-2/h21,23,54,56,62,64,69-72,74-81,83-85,87-91H,3-20,22,24-53,55,57-61,63,65-68H2,1-2H3,(H,82,86)/b23-21-,56-54+,64-62+. The van der Waals surface area contributed by atoms with Gasteiger partial charge in [-0.25, -0.2) is 0 Å². The molecule has 14 heteroatoms. The smallest absolute Gasteiger partial charge is 0.220 e. The highest BCUT2D eigenvalue weighted by Gasteiger charge is 2.51. The van der Waals surface area contributed by atoms with E-state index in [0.29, 0.717) is 12.8 Å². The fourth-order valence-electron chi connectivity index (χ4n) is 13.6. The normalized spacial score (nSPS) is 22.5. The molecule has 12 unspecified atom stereocenters. The molecule has 560 valence electrons. The van der Waals surface area contributed by atoms with Crippen molar-refractivity contribution < 1.29 is 64.6 Å². The summed E-state index contributed by atoms with van der Waals surface area (Å²) in [4.78, 5) is 13.4. The lowest BCUT2D eigenvalue weighted by Gasteiger charge is -2.46. The second-order valence-electron chi connectivity index (χ2n) is 28.9. The molecule has 12 atom stereocenters. The molecule has 2 aliphatic heterocycles. The van der Waals surface area contributed by atoms with Gasteiger partial charge in [0.15, 0.2) is 12.6 Å². The van der Waals surface area contributed by atoms with Crippen LogP contribution in [-0.4, -0.2) is 140 Å². The number of hydrogen-bond acceptors (Lipinski definition) is 13. The number of carbonyl (C=O) groups is 1. The molecule has 14 nitrogen and oxygen atoms in total. The van der Waals surface area contributed by atoms with Crippen molar-refractivity contribution in [1.82, 2.24) is 5.32 Å². The van der Waals surface area contributed by atoms with Crippen LogP contribution in [0.15, 0.2) is 36.5 Å². The van der Waals surface area contributed by atoms with E-state index in [9.17, 15) is 45.6 Å². The van der Waals surface area contributed by atoms with Crippen LogP contribution < -0.4 is 5.32 Å². The molecule has 2 fully saturated rings. The minimum atomic E-state index is -1.79. The monoisotopic (exact) mass is 1350 g/mol. The number of carbonyl (C=O) groups excluding carboxylic acids is 1. The SMILES string of the molecule is CCCCCCCCCC/C=C\CCCCCCCCCCCCCCCCCCCCCCCCCC(=O)NC(COC1OC(CO)C(OC2OC(CO)C(O)C(O)C2O)C(O)C1O)C(O)/C=C/CC/C=C/CCCCCCCCCCCCCCCCCCCCCC. The Morgan fingerprint density at radius 3 is 1.03 bits per heavy atom. The zero-order valence-electron chi connectivity index (χ0n) is 61.4. The maximum atomic E-state index is 13.4. The zero-order valence-corrected chi connectivity index (χ0v) is 61.4. The van der Waals surface area contributed by atoms with Gasteiger partial charge in [0.25, 0.3) is 0 Å². The first-order valence-corrected chi connectivity index (χ1v) is 40.7. The molecule has 2 aliphatic rings. The third kappa shape index (κ3) is 48.6. The Morgan fingerprint density at radius 2 is 0.674 bits per heavy atom. The number of ether oxygens (including phenoxy) is 4. The predicted octanol–water partition coefficient (Wildman–Crippen LogP) is 18.4. The van der Waals surface area contributed by atoms with Crippen molar-refractivity contribution in [1.29, 1.82) is 0 Å². The van der Waals surface area contributed by atoms with Crippen LogP contribution in [0, 0.1) is 0 Å². The fraction of sp³-hybridized carbons (Fsp3) is 0.914. The molecule has 1 amide bonds. The quantitative estimate of drug-likeness (QED) is 0.0204. The molecule has 2 heterocycles. The summed E-state index contributed by atoms with van der Waals surface area (Å²) in [5.41, 5.74) is 0. The molecule has 0 aromatic heterocycles.